The highest BCUT2D eigenvalue weighted by molar-refractivity contribution is 5.85. The van der Waals surface area contributed by atoms with Crippen molar-refractivity contribution in [2.75, 3.05) is 24.6 Å². The zero-order valence-electron chi connectivity index (χ0n) is 17.8. The minimum Gasteiger partial charge on any atom is -0.506 e. The van der Waals surface area contributed by atoms with Gasteiger partial charge in [0.05, 0.1) is 6.61 Å². The number of ether oxygens (including phenoxy) is 1. The first kappa shape index (κ1) is 20.9. The third-order valence-corrected chi connectivity index (χ3v) is 5.62. The van der Waals surface area contributed by atoms with Gasteiger partial charge in [0.2, 0.25) is 11.8 Å². The number of nitrogens with zero attached hydrogens (tertiary/aromatic N) is 3. The number of aromatic nitrogens is 2. The number of hydrogen-bond donors (Lipinski definition) is 2. The van der Waals surface area contributed by atoms with Gasteiger partial charge in [0.1, 0.15) is 17.1 Å². The Labute approximate surface area is 182 Å². The molecule has 0 bridgehead atoms. The van der Waals surface area contributed by atoms with Crippen molar-refractivity contribution in [3.63, 3.8) is 0 Å². The fourth-order valence-corrected chi connectivity index (χ4v) is 3.88. The summed E-state index contributed by atoms with van der Waals surface area (Å²) in [5.74, 6) is 1.65. The van der Waals surface area contributed by atoms with E-state index in [1.54, 1.807) is 12.3 Å². The molecule has 1 amide bonds. The topological polar surface area (TPSA) is 87.6 Å². The van der Waals surface area contributed by atoms with Crippen molar-refractivity contribution in [1.29, 1.82) is 0 Å². The van der Waals surface area contributed by atoms with E-state index in [0.717, 1.165) is 49.1 Å². The lowest BCUT2D eigenvalue weighted by molar-refractivity contribution is -0.125. The molecule has 1 saturated heterocycles. The molecular formula is C24H28N4O3. The van der Waals surface area contributed by atoms with Crippen LogP contribution in [0.5, 0.6) is 11.6 Å². The predicted molar refractivity (Wildman–Crippen MR) is 120 cm³/mol. The minimum atomic E-state index is -0.0261. The average molecular weight is 421 g/mol. The number of carbonyl (C=O) groups excluding carboxylic acids is 1. The number of aromatic hydroxyl groups is 1. The maximum atomic E-state index is 12.7. The number of benzene rings is 1. The molecule has 0 aliphatic carbocycles. The normalized spacial score (nSPS) is 14.5. The first-order chi connectivity index (χ1) is 15.2. The Morgan fingerprint density at radius 3 is 2.84 bits per heavy atom. The maximum absolute atomic E-state index is 12.7. The first-order valence-corrected chi connectivity index (χ1v) is 10.8. The van der Waals surface area contributed by atoms with Gasteiger partial charge in [-0.2, -0.15) is 0 Å². The third-order valence-electron chi connectivity index (χ3n) is 5.62. The number of fused-ring (bicyclic) bond motifs is 1. The number of hydrogen-bond acceptors (Lipinski definition) is 6. The lowest BCUT2D eigenvalue weighted by atomic mass is 9.95. The van der Waals surface area contributed by atoms with Gasteiger partial charge in [-0.3, -0.25) is 4.79 Å². The quantitative estimate of drug-likeness (QED) is 0.607. The summed E-state index contributed by atoms with van der Waals surface area (Å²) in [6, 6.07) is 13.1. The molecule has 2 aromatic heterocycles. The minimum absolute atomic E-state index is 0.0261. The fraction of sp³-hybridized carbons (Fsp3) is 0.375. The molecule has 1 aliphatic rings. The van der Waals surface area contributed by atoms with Crippen LogP contribution in [0.15, 0.2) is 48.7 Å². The third kappa shape index (κ3) is 4.87. The van der Waals surface area contributed by atoms with E-state index in [1.165, 1.54) is 0 Å². The highest BCUT2D eigenvalue weighted by Crippen LogP contribution is 2.28. The molecule has 3 aromatic rings. The summed E-state index contributed by atoms with van der Waals surface area (Å²) in [5, 5.41) is 14.0. The molecule has 0 spiro atoms. The van der Waals surface area contributed by atoms with Gasteiger partial charge in [-0.25, -0.2) is 9.97 Å². The van der Waals surface area contributed by atoms with Gasteiger partial charge in [0.25, 0.3) is 0 Å². The summed E-state index contributed by atoms with van der Waals surface area (Å²) >= 11 is 0. The zero-order valence-corrected chi connectivity index (χ0v) is 17.8. The molecule has 7 heteroatoms. The Bertz CT molecular complexity index is 1050. The van der Waals surface area contributed by atoms with Gasteiger partial charge in [0.15, 0.2) is 0 Å². The van der Waals surface area contributed by atoms with E-state index >= 15 is 0 Å². The highest BCUT2D eigenvalue weighted by Gasteiger charge is 2.26. The number of anilines is 1. The zero-order chi connectivity index (χ0) is 21.6. The largest absolute Gasteiger partial charge is 0.506 e. The van der Waals surface area contributed by atoms with Crippen LogP contribution < -0.4 is 15.0 Å². The molecule has 162 valence electrons. The molecule has 0 saturated carbocycles. The van der Waals surface area contributed by atoms with Crippen LogP contribution in [-0.2, 0) is 11.3 Å². The van der Waals surface area contributed by atoms with Crippen LogP contribution in [0.3, 0.4) is 0 Å². The van der Waals surface area contributed by atoms with Crippen molar-refractivity contribution < 1.29 is 14.6 Å². The SMILES string of the molecule is CCCOc1ncccc1CNC(=O)C1CCN(c2ccc3cccc(O)c3n2)CC1. The number of phenolic OH excluding ortho intramolecular Hbond substituents is 1. The fourth-order valence-electron chi connectivity index (χ4n) is 3.88. The highest BCUT2D eigenvalue weighted by atomic mass is 16.5. The van der Waals surface area contributed by atoms with Crippen molar-refractivity contribution in [1.82, 2.24) is 15.3 Å². The van der Waals surface area contributed by atoms with Crippen LogP contribution in [0.2, 0.25) is 0 Å². The van der Waals surface area contributed by atoms with Gasteiger partial charge < -0.3 is 20.1 Å². The number of carbonyl (C=O) groups is 1. The second kappa shape index (κ2) is 9.64. The molecule has 0 radical (unpaired) electrons. The molecule has 4 rings (SSSR count). The van der Waals surface area contributed by atoms with Crippen molar-refractivity contribution >= 4 is 22.6 Å². The van der Waals surface area contributed by atoms with E-state index < -0.39 is 0 Å². The molecule has 0 unspecified atom stereocenters. The molecule has 1 aromatic carbocycles. The van der Waals surface area contributed by atoms with Gasteiger partial charge in [-0.15, -0.1) is 0 Å². The van der Waals surface area contributed by atoms with E-state index in [4.69, 9.17) is 4.74 Å². The first-order valence-electron chi connectivity index (χ1n) is 10.8. The van der Waals surface area contributed by atoms with E-state index in [2.05, 4.69) is 20.2 Å². The molecule has 31 heavy (non-hydrogen) atoms. The van der Waals surface area contributed by atoms with Crippen LogP contribution in [0.1, 0.15) is 31.7 Å². The number of rotatable bonds is 7. The van der Waals surface area contributed by atoms with Crippen LogP contribution in [0, 0.1) is 5.92 Å². The Morgan fingerprint density at radius 2 is 2.03 bits per heavy atom. The molecule has 7 nitrogen and oxygen atoms in total. The summed E-state index contributed by atoms with van der Waals surface area (Å²) in [4.78, 5) is 23.8. The van der Waals surface area contributed by atoms with Crippen LogP contribution in [0.4, 0.5) is 5.82 Å². The van der Waals surface area contributed by atoms with Crippen molar-refractivity contribution in [3.8, 4) is 11.6 Å². The van der Waals surface area contributed by atoms with E-state index in [9.17, 15) is 9.90 Å². The summed E-state index contributed by atoms with van der Waals surface area (Å²) < 4.78 is 5.67. The van der Waals surface area contributed by atoms with Gasteiger partial charge >= 0.3 is 0 Å². The van der Waals surface area contributed by atoms with Crippen LogP contribution in [0.25, 0.3) is 10.9 Å². The molecule has 1 fully saturated rings. The van der Waals surface area contributed by atoms with Crippen LogP contribution in [-0.4, -0.2) is 40.7 Å². The standard InChI is InChI=1S/C24H28N4O3/c1-2-15-31-24-19(6-4-12-25-24)16-26-23(30)18-10-13-28(14-11-18)21-9-8-17-5-3-7-20(29)22(17)27-21/h3-9,12,18,29H,2,10-11,13-16H2,1H3,(H,26,30). The van der Waals surface area contributed by atoms with E-state index in [1.807, 2.05) is 43.3 Å². The molecular weight excluding hydrogens is 392 g/mol. The lowest BCUT2D eigenvalue weighted by Crippen LogP contribution is -2.40. The smallest absolute Gasteiger partial charge is 0.223 e. The van der Waals surface area contributed by atoms with E-state index in [-0.39, 0.29) is 17.6 Å². The second-order valence-electron chi connectivity index (χ2n) is 7.81. The number of nitrogens with one attached hydrogen (secondary N) is 1. The van der Waals surface area contributed by atoms with Gasteiger partial charge in [-0.1, -0.05) is 25.1 Å². The van der Waals surface area contributed by atoms with Gasteiger partial charge in [-0.05, 0) is 43.5 Å². The molecule has 2 N–H and O–H groups in total. The van der Waals surface area contributed by atoms with Crippen LogP contribution >= 0.6 is 0 Å². The van der Waals surface area contributed by atoms with Crippen molar-refractivity contribution in [3.05, 3.63) is 54.2 Å². The average Bonchev–Trinajstić information content (AvgIpc) is 2.82. The molecule has 1 aliphatic heterocycles. The summed E-state index contributed by atoms with van der Waals surface area (Å²) in [6.07, 6.45) is 4.14. The maximum Gasteiger partial charge on any atom is 0.223 e. The Kier molecular flexibility index (Phi) is 6.50. The summed E-state index contributed by atoms with van der Waals surface area (Å²) in [7, 11) is 0. The van der Waals surface area contributed by atoms with Crippen molar-refractivity contribution in [2.24, 2.45) is 5.92 Å². The molecule has 0 atom stereocenters. The summed E-state index contributed by atoms with van der Waals surface area (Å²) in [6.45, 7) is 4.57. The van der Waals surface area contributed by atoms with E-state index in [0.29, 0.717) is 24.5 Å². The Balaban J connectivity index is 1.33. The predicted octanol–water partition coefficient (Wildman–Crippen LogP) is 3.66. The van der Waals surface area contributed by atoms with Crippen molar-refractivity contribution in [2.45, 2.75) is 32.7 Å². The number of phenols is 1. The second-order valence-corrected chi connectivity index (χ2v) is 7.81. The number of pyridine rings is 2. The number of para-hydroxylation sites is 1. The molecule has 3 heterocycles. The lowest BCUT2D eigenvalue weighted by Gasteiger charge is -2.32. The number of piperidine rings is 1. The Morgan fingerprint density at radius 1 is 1.19 bits per heavy atom. The summed E-state index contributed by atoms with van der Waals surface area (Å²) in [5.41, 5.74) is 1.50. The van der Waals surface area contributed by atoms with Gasteiger partial charge in [0, 0.05) is 42.7 Å². The monoisotopic (exact) mass is 420 g/mol. The Hall–Kier alpha value is -3.35. The number of amides is 1.